The quantitative estimate of drug-likeness (QED) is 0.105. The van der Waals surface area contributed by atoms with Gasteiger partial charge < -0.3 is 4.74 Å². The van der Waals surface area contributed by atoms with Crippen molar-refractivity contribution in [3.8, 4) is 28.0 Å². The maximum Gasteiger partial charge on any atom is 0.201 e. The van der Waals surface area contributed by atoms with E-state index in [1.807, 2.05) is 6.92 Å². The van der Waals surface area contributed by atoms with Crippen molar-refractivity contribution in [1.29, 1.82) is 0 Å². The van der Waals surface area contributed by atoms with Crippen LogP contribution in [0.25, 0.3) is 22.3 Å². The molecule has 0 radical (unpaired) electrons. The van der Waals surface area contributed by atoms with Crippen molar-refractivity contribution in [1.82, 2.24) is 0 Å². The Morgan fingerprint density at radius 1 is 0.690 bits per heavy atom. The van der Waals surface area contributed by atoms with E-state index in [-0.39, 0.29) is 22.8 Å². The van der Waals surface area contributed by atoms with Gasteiger partial charge in [0.25, 0.3) is 0 Å². The van der Waals surface area contributed by atoms with Crippen LogP contribution in [0.3, 0.4) is 0 Å². The summed E-state index contributed by atoms with van der Waals surface area (Å²) in [6, 6.07) is 12.7. The average Bonchev–Trinajstić information content (AvgIpc) is 3.01. The first kappa shape index (κ1) is 31.8. The predicted molar refractivity (Wildman–Crippen MR) is 165 cm³/mol. The molecule has 226 valence electrons. The molecule has 0 N–H and O–H groups in total. The summed E-state index contributed by atoms with van der Waals surface area (Å²) in [6.45, 7) is 4.53. The van der Waals surface area contributed by atoms with Crippen LogP contribution in [-0.2, 0) is 0 Å². The standard InChI is InChI=1S/C37H44F4O/c1-3-5-7-8-9-11-25-42-33-24-23-32(36(40)37(33)41)29-19-17-28(18-20-29)31-22-21-30(34(38)35(31)39)27-15-13-26(14-16-27)12-10-6-4-2/h4,6,17-24,26-27H,3,5,7-16,25H2,1-2H3. The lowest BCUT2D eigenvalue weighted by atomic mass is 9.77. The summed E-state index contributed by atoms with van der Waals surface area (Å²) in [6.07, 6.45) is 16.8. The SMILES string of the molecule is CC=CCCC1CCC(c2ccc(-c3ccc(-c4ccc(OCCCCCCCC)c(F)c4F)cc3)c(F)c2F)CC1. The Morgan fingerprint density at radius 3 is 1.93 bits per heavy atom. The monoisotopic (exact) mass is 580 g/mol. The number of hydrogen-bond acceptors (Lipinski definition) is 1. The molecule has 0 atom stereocenters. The fraction of sp³-hybridized carbons (Fsp3) is 0.459. The minimum absolute atomic E-state index is 0.0320. The normalized spacial score (nSPS) is 17.2. The van der Waals surface area contributed by atoms with Crippen molar-refractivity contribution in [2.24, 2.45) is 5.92 Å². The zero-order chi connectivity index (χ0) is 29.9. The van der Waals surface area contributed by atoms with E-state index in [9.17, 15) is 8.78 Å². The third kappa shape index (κ3) is 8.05. The third-order valence-corrected chi connectivity index (χ3v) is 8.69. The number of rotatable bonds is 14. The molecule has 0 saturated heterocycles. The molecule has 0 unspecified atom stereocenters. The smallest absolute Gasteiger partial charge is 0.201 e. The Balaban J connectivity index is 1.39. The lowest BCUT2D eigenvalue weighted by molar-refractivity contribution is 0.285. The maximum absolute atomic E-state index is 15.3. The van der Waals surface area contributed by atoms with Gasteiger partial charge in [0.15, 0.2) is 23.2 Å². The number of halogens is 4. The van der Waals surface area contributed by atoms with E-state index in [0.717, 1.165) is 57.8 Å². The molecule has 0 aromatic heterocycles. The highest BCUT2D eigenvalue weighted by Crippen LogP contribution is 2.40. The van der Waals surface area contributed by atoms with Crippen LogP contribution < -0.4 is 4.74 Å². The maximum atomic E-state index is 15.3. The van der Waals surface area contributed by atoms with Gasteiger partial charge in [-0.05, 0) is 92.5 Å². The molecule has 1 fully saturated rings. The Kier molecular flexibility index (Phi) is 12.1. The Bertz CT molecular complexity index is 1310. The molecule has 0 spiro atoms. The molecule has 42 heavy (non-hydrogen) atoms. The number of benzene rings is 3. The van der Waals surface area contributed by atoms with Gasteiger partial charge in [0, 0.05) is 11.1 Å². The molecule has 0 bridgehead atoms. The topological polar surface area (TPSA) is 9.23 Å². The van der Waals surface area contributed by atoms with Crippen molar-refractivity contribution in [3.63, 3.8) is 0 Å². The zero-order valence-electron chi connectivity index (χ0n) is 25.0. The first-order valence-corrected chi connectivity index (χ1v) is 15.7. The minimum atomic E-state index is -1.02. The van der Waals surface area contributed by atoms with Gasteiger partial charge in [-0.15, -0.1) is 0 Å². The van der Waals surface area contributed by atoms with E-state index in [1.54, 1.807) is 36.4 Å². The molecule has 3 aromatic carbocycles. The van der Waals surface area contributed by atoms with Gasteiger partial charge in [-0.2, -0.15) is 4.39 Å². The van der Waals surface area contributed by atoms with E-state index >= 15 is 8.78 Å². The van der Waals surface area contributed by atoms with Crippen LogP contribution in [0.5, 0.6) is 5.75 Å². The van der Waals surface area contributed by atoms with Gasteiger partial charge in [-0.1, -0.05) is 87.6 Å². The molecule has 5 heteroatoms. The van der Waals surface area contributed by atoms with E-state index in [4.69, 9.17) is 4.74 Å². The fourth-order valence-corrected chi connectivity index (χ4v) is 6.12. The highest BCUT2D eigenvalue weighted by atomic mass is 19.2. The van der Waals surface area contributed by atoms with Gasteiger partial charge in [-0.3, -0.25) is 0 Å². The van der Waals surface area contributed by atoms with Crippen molar-refractivity contribution in [2.75, 3.05) is 6.61 Å². The van der Waals surface area contributed by atoms with E-state index in [1.165, 1.54) is 31.4 Å². The first-order valence-electron chi connectivity index (χ1n) is 15.7. The van der Waals surface area contributed by atoms with Gasteiger partial charge in [0.2, 0.25) is 5.82 Å². The second kappa shape index (κ2) is 16.0. The predicted octanol–water partition coefficient (Wildman–Crippen LogP) is 11.9. The van der Waals surface area contributed by atoms with Gasteiger partial charge >= 0.3 is 0 Å². The van der Waals surface area contributed by atoms with Crippen LogP contribution in [0.15, 0.2) is 60.7 Å². The minimum Gasteiger partial charge on any atom is -0.490 e. The number of allylic oxidation sites excluding steroid dienone is 2. The van der Waals surface area contributed by atoms with Crippen molar-refractivity contribution >= 4 is 0 Å². The third-order valence-electron chi connectivity index (χ3n) is 8.69. The summed E-state index contributed by atoms with van der Waals surface area (Å²) in [7, 11) is 0. The van der Waals surface area contributed by atoms with Gasteiger partial charge in [0.05, 0.1) is 6.61 Å². The van der Waals surface area contributed by atoms with Crippen LogP contribution in [0.1, 0.15) is 102 Å². The summed E-state index contributed by atoms with van der Waals surface area (Å²) < 4.78 is 65.7. The molecule has 0 amide bonds. The molecular weight excluding hydrogens is 536 g/mol. The highest BCUT2D eigenvalue weighted by molar-refractivity contribution is 5.72. The summed E-state index contributed by atoms with van der Waals surface area (Å²) >= 11 is 0. The molecule has 1 saturated carbocycles. The lowest BCUT2D eigenvalue weighted by Crippen LogP contribution is -2.15. The van der Waals surface area contributed by atoms with Crippen LogP contribution in [0.2, 0.25) is 0 Å². The largest absolute Gasteiger partial charge is 0.490 e. The van der Waals surface area contributed by atoms with Crippen LogP contribution in [0.4, 0.5) is 17.6 Å². The van der Waals surface area contributed by atoms with E-state index < -0.39 is 23.3 Å². The Labute approximate surface area is 249 Å². The first-order chi connectivity index (χ1) is 20.4. The van der Waals surface area contributed by atoms with Crippen molar-refractivity contribution in [2.45, 2.75) is 96.8 Å². The molecule has 1 nitrogen and oxygen atoms in total. The lowest BCUT2D eigenvalue weighted by Gasteiger charge is -2.29. The number of unbranched alkanes of at least 4 members (excludes halogenated alkanes) is 5. The number of ether oxygens (including phenoxy) is 1. The molecule has 0 heterocycles. The summed E-state index contributed by atoms with van der Waals surface area (Å²) in [4.78, 5) is 0. The molecule has 0 aliphatic heterocycles. The Hall–Kier alpha value is -3.08. The summed E-state index contributed by atoms with van der Waals surface area (Å²) in [5.74, 6) is -3.06. The summed E-state index contributed by atoms with van der Waals surface area (Å²) in [5, 5.41) is 0. The Morgan fingerprint density at radius 2 is 1.29 bits per heavy atom. The summed E-state index contributed by atoms with van der Waals surface area (Å²) in [5.41, 5.74) is 1.63. The number of hydrogen-bond donors (Lipinski definition) is 0. The average molecular weight is 581 g/mol. The fourth-order valence-electron chi connectivity index (χ4n) is 6.12. The van der Waals surface area contributed by atoms with Crippen molar-refractivity contribution in [3.05, 3.63) is 89.5 Å². The van der Waals surface area contributed by atoms with Crippen LogP contribution >= 0.6 is 0 Å². The second-order valence-corrected chi connectivity index (χ2v) is 11.6. The molecule has 1 aliphatic rings. The van der Waals surface area contributed by atoms with Crippen molar-refractivity contribution < 1.29 is 22.3 Å². The molecule has 4 rings (SSSR count). The van der Waals surface area contributed by atoms with E-state index in [0.29, 0.717) is 29.2 Å². The molecule has 1 aliphatic carbocycles. The van der Waals surface area contributed by atoms with Crippen LogP contribution in [-0.4, -0.2) is 6.61 Å². The highest BCUT2D eigenvalue weighted by Gasteiger charge is 2.26. The second-order valence-electron chi connectivity index (χ2n) is 11.6. The molecule has 3 aromatic rings. The van der Waals surface area contributed by atoms with Crippen LogP contribution in [0, 0.1) is 29.2 Å². The molecular formula is C37H44F4O. The van der Waals surface area contributed by atoms with Gasteiger partial charge in [-0.25, -0.2) is 13.2 Å². The zero-order valence-corrected chi connectivity index (χ0v) is 25.0. The van der Waals surface area contributed by atoms with E-state index in [2.05, 4.69) is 19.1 Å². The van der Waals surface area contributed by atoms with Gasteiger partial charge in [0.1, 0.15) is 0 Å².